The first-order valence-electron chi connectivity index (χ1n) is 6.27. The number of carbonyl (C=O) groups is 1. The molecule has 1 fully saturated rings. The molecule has 0 aromatic rings. The molecule has 2 aliphatic heterocycles. The number of alkyl halides is 3. The van der Waals surface area contributed by atoms with Crippen molar-refractivity contribution in [2.24, 2.45) is 0 Å². The molecule has 1 unspecified atom stereocenters. The zero-order valence-corrected chi connectivity index (χ0v) is 10.1. The van der Waals surface area contributed by atoms with Crippen molar-refractivity contribution < 1.29 is 18.0 Å². The Hall–Kier alpha value is -1.04. The van der Waals surface area contributed by atoms with Crippen LogP contribution in [-0.2, 0) is 4.79 Å². The van der Waals surface area contributed by atoms with Crippen molar-refractivity contribution in [2.45, 2.75) is 37.9 Å². The van der Waals surface area contributed by atoms with Gasteiger partial charge in [-0.15, -0.1) is 0 Å². The second-order valence-corrected chi connectivity index (χ2v) is 4.76. The zero-order valence-electron chi connectivity index (χ0n) is 10.1. The molecule has 3 nitrogen and oxygen atoms in total. The quantitative estimate of drug-likeness (QED) is 0.731. The number of nitrogens with one attached hydrogen (secondary N) is 1. The molecule has 18 heavy (non-hydrogen) atoms. The van der Waals surface area contributed by atoms with Crippen LogP contribution >= 0.6 is 0 Å². The van der Waals surface area contributed by atoms with Crippen LogP contribution in [0.25, 0.3) is 0 Å². The number of halogens is 3. The van der Waals surface area contributed by atoms with E-state index < -0.39 is 11.7 Å². The fourth-order valence-corrected chi connectivity index (χ4v) is 2.41. The van der Waals surface area contributed by atoms with Crippen molar-refractivity contribution in [3.8, 4) is 0 Å². The van der Waals surface area contributed by atoms with Gasteiger partial charge in [-0.3, -0.25) is 4.79 Å². The Morgan fingerprint density at radius 2 is 2.17 bits per heavy atom. The van der Waals surface area contributed by atoms with Crippen LogP contribution in [0.5, 0.6) is 0 Å². The van der Waals surface area contributed by atoms with Gasteiger partial charge >= 0.3 is 6.18 Å². The van der Waals surface area contributed by atoms with Crippen LogP contribution in [0.1, 0.15) is 25.7 Å². The molecule has 2 rings (SSSR count). The SMILES string of the molecule is O=C(C1CCCCN1)N1CC=C(C(F)(F)F)CC1. The lowest BCUT2D eigenvalue weighted by Crippen LogP contribution is -2.50. The van der Waals surface area contributed by atoms with Crippen LogP contribution in [-0.4, -0.2) is 42.7 Å². The maximum Gasteiger partial charge on any atom is 0.412 e. The minimum absolute atomic E-state index is 0.0628. The maximum atomic E-state index is 12.4. The van der Waals surface area contributed by atoms with Crippen LogP contribution in [0.3, 0.4) is 0 Å². The van der Waals surface area contributed by atoms with E-state index in [0.717, 1.165) is 31.9 Å². The van der Waals surface area contributed by atoms with Gasteiger partial charge in [-0.1, -0.05) is 12.5 Å². The summed E-state index contributed by atoms with van der Waals surface area (Å²) in [5, 5.41) is 3.12. The molecule has 0 bridgehead atoms. The predicted molar refractivity (Wildman–Crippen MR) is 61.0 cm³/mol. The van der Waals surface area contributed by atoms with Crippen LogP contribution < -0.4 is 5.32 Å². The van der Waals surface area contributed by atoms with E-state index >= 15 is 0 Å². The number of hydrogen-bond acceptors (Lipinski definition) is 2. The standard InChI is InChI=1S/C12H17F3N2O/c13-12(14,15)9-4-7-17(8-5-9)11(18)10-3-1-2-6-16-10/h4,10,16H,1-3,5-8H2. The molecule has 6 heteroatoms. The first kappa shape index (κ1) is 13.4. The number of amides is 1. The van der Waals surface area contributed by atoms with Gasteiger partial charge in [-0.05, 0) is 25.8 Å². The number of rotatable bonds is 1. The summed E-state index contributed by atoms with van der Waals surface area (Å²) in [6, 6.07) is -0.209. The lowest BCUT2D eigenvalue weighted by Gasteiger charge is -2.32. The first-order chi connectivity index (χ1) is 8.48. The number of hydrogen-bond donors (Lipinski definition) is 1. The summed E-state index contributed by atoms with van der Waals surface area (Å²) in [6.07, 6.45) is -0.377. The maximum absolute atomic E-state index is 12.4. The lowest BCUT2D eigenvalue weighted by molar-refractivity contribution is -0.134. The lowest BCUT2D eigenvalue weighted by atomic mass is 10.0. The van der Waals surface area contributed by atoms with Gasteiger partial charge in [0.25, 0.3) is 0 Å². The van der Waals surface area contributed by atoms with Gasteiger partial charge in [-0.25, -0.2) is 0 Å². The van der Waals surface area contributed by atoms with Crippen LogP contribution in [0.15, 0.2) is 11.6 Å². The summed E-state index contributed by atoms with van der Waals surface area (Å²) in [4.78, 5) is 13.6. The van der Waals surface area contributed by atoms with E-state index in [1.165, 1.54) is 4.90 Å². The Balaban J connectivity index is 1.92. The van der Waals surface area contributed by atoms with Crippen molar-refractivity contribution in [3.05, 3.63) is 11.6 Å². The molecule has 0 spiro atoms. The monoisotopic (exact) mass is 262 g/mol. The van der Waals surface area contributed by atoms with Gasteiger partial charge in [0.2, 0.25) is 5.91 Å². The third-order valence-electron chi connectivity index (χ3n) is 3.49. The average molecular weight is 262 g/mol. The zero-order chi connectivity index (χ0) is 13.2. The molecule has 1 amide bonds. The second kappa shape index (κ2) is 5.30. The summed E-state index contributed by atoms with van der Waals surface area (Å²) >= 11 is 0. The van der Waals surface area contributed by atoms with Crippen molar-refractivity contribution in [1.82, 2.24) is 10.2 Å². The highest BCUT2D eigenvalue weighted by Gasteiger charge is 2.36. The summed E-state index contributed by atoms with van der Waals surface area (Å²) in [5.74, 6) is -0.0628. The van der Waals surface area contributed by atoms with Crippen LogP contribution in [0.4, 0.5) is 13.2 Å². The second-order valence-electron chi connectivity index (χ2n) is 4.76. The van der Waals surface area contributed by atoms with Gasteiger partial charge < -0.3 is 10.2 Å². The van der Waals surface area contributed by atoms with E-state index in [1.54, 1.807) is 0 Å². The Labute approximate surface area is 104 Å². The molecule has 1 N–H and O–H groups in total. The molecular weight excluding hydrogens is 245 g/mol. The fraction of sp³-hybridized carbons (Fsp3) is 0.750. The topological polar surface area (TPSA) is 32.3 Å². The predicted octanol–water partition coefficient (Wildman–Crippen LogP) is 1.85. The van der Waals surface area contributed by atoms with E-state index in [0.29, 0.717) is 0 Å². The van der Waals surface area contributed by atoms with E-state index in [2.05, 4.69) is 5.32 Å². The van der Waals surface area contributed by atoms with Gasteiger partial charge in [0.05, 0.1) is 6.04 Å². The molecular formula is C12H17F3N2O. The van der Waals surface area contributed by atoms with E-state index in [-0.39, 0.29) is 31.5 Å². The third-order valence-corrected chi connectivity index (χ3v) is 3.49. The highest BCUT2D eigenvalue weighted by Crippen LogP contribution is 2.30. The number of carbonyl (C=O) groups excluding carboxylic acids is 1. The molecule has 0 aliphatic carbocycles. The van der Waals surface area contributed by atoms with E-state index in [4.69, 9.17) is 0 Å². The average Bonchev–Trinajstić information content (AvgIpc) is 2.38. The summed E-state index contributed by atoms with van der Waals surface area (Å²) in [7, 11) is 0. The Bertz CT molecular complexity index is 346. The molecule has 2 aliphatic rings. The fourth-order valence-electron chi connectivity index (χ4n) is 2.41. The van der Waals surface area contributed by atoms with Crippen molar-refractivity contribution >= 4 is 5.91 Å². The van der Waals surface area contributed by atoms with E-state index in [9.17, 15) is 18.0 Å². The molecule has 1 saturated heterocycles. The van der Waals surface area contributed by atoms with Gasteiger partial charge in [0.1, 0.15) is 0 Å². The molecule has 1 atom stereocenters. The third kappa shape index (κ3) is 3.04. The Morgan fingerprint density at radius 3 is 2.67 bits per heavy atom. The Morgan fingerprint density at radius 1 is 1.39 bits per heavy atom. The van der Waals surface area contributed by atoms with Crippen LogP contribution in [0.2, 0.25) is 0 Å². The number of piperidine rings is 1. The normalized spacial score (nSPS) is 25.8. The van der Waals surface area contributed by atoms with Gasteiger partial charge in [0.15, 0.2) is 0 Å². The van der Waals surface area contributed by atoms with E-state index in [1.807, 2.05) is 0 Å². The first-order valence-corrected chi connectivity index (χ1v) is 6.27. The smallest absolute Gasteiger partial charge is 0.337 e. The van der Waals surface area contributed by atoms with Gasteiger partial charge in [0, 0.05) is 18.7 Å². The molecule has 2 heterocycles. The Kier molecular flexibility index (Phi) is 3.94. The molecule has 102 valence electrons. The van der Waals surface area contributed by atoms with Crippen molar-refractivity contribution in [1.29, 1.82) is 0 Å². The van der Waals surface area contributed by atoms with Crippen molar-refractivity contribution in [2.75, 3.05) is 19.6 Å². The minimum Gasteiger partial charge on any atom is -0.337 e. The highest BCUT2D eigenvalue weighted by molar-refractivity contribution is 5.82. The summed E-state index contributed by atoms with van der Waals surface area (Å²) in [5.41, 5.74) is -0.511. The van der Waals surface area contributed by atoms with Crippen LogP contribution in [0, 0.1) is 0 Å². The molecule has 0 aromatic heterocycles. The molecule has 0 saturated carbocycles. The summed E-state index contributed by atoms with van der Waals surface area (Å²) < 4.78 is 37.3. The number of nitrogens with zero attached hydrogens (tertiary/aromatic N) is 1. The highest BCUT2D eigenvalue weighted by atomic mass is 19.4. The van der Waals surface area contributed by atoms with Gasteiger partial charge in [-0.2, -0.15) is 13.2 Å². The van der Waals surface area contributed by atoms with Crippen molar-refractivity contribution in [3.63, 3.8) is 0 Å². The molecule has 0 radical (unpaired) electrons. The molecule has 0 aromatic carbocycles. The minimum atomic E-state index is -4.25. The largest absolute Gasteiger partial charge is 0.412 e. The summed E-state index contributed by atoms with van der Waals surface area (Å²) in [6.45, 7) is 1.06.